The fraction of sp³-hybridized carbons (Fsp3) is 0.667. The smallest absolute Gasteiger partial charge is 0.407 e. The van der Waals surface area contributed by atoms with E-state index in [2.05, 4.69) is 33.6 Å². The number of amides is 2. The van der Waals surface area contributed by atoms with E-state index >= 15 is 0 Å². The summed E-state index contributed by atoms with van der Waals surface area (Å²) in [5.74, 6) is -0.0736. The number of hydrogen-bond donors (Lipinski definition) is 2. The van der Waals surface area contributed by atoms with E-state index in [0.717, 1.165) is 19.4 Å². The molecule has 28 heavy (non-hydrogen) atoms. The van der Waals surface area contributed by atoms with E-state index in [1.165, 1.54) is 24.0 Å². The third-order valence-electron chi connectivity index (χ3n) is 4.71. The molecule has 0 radical (unpaired) electrons. The summed E-state index contributed by atoms with van der Waals surface area (Å²) < 4.78 is 5.13. The number of rotatable bonds is 8. The molecular weight excluding hydrogens is 356 g/mol. The Morgan fingerprint density at radius 1 is 1.25 bits per heavy atom. The SMILES string of the molecule is CN1CCCC1c1cncc(CCCNC(=O)CCNC(=O)OC(C)(C)C)c1. The van der Waals surface area contributed by atoms with Crippen molar-refractivity contribution in [3.63, 3.8) is 0 Å². The first-order valence-corrected chi connectivity index (χ1v) is 10.1. The summed E-state index contributed by atoms with van der Waals surface area (Å²) >= 11 is 0. The van der Waals surface area contributed by atoms with Gasteiger partial charge < -0.3 is 15.4 Å². The lowest BCUT2D eigenvalue weighted by Gasteiger charge is -2.20. The van der Waals surface area contributed by atoms with Gasteiger partial charge in [-0.2, -0.15) is 0 Å². The second-order valence-electron chi connectivity index (χ2n) is 8.40. The zero-order valence-electron chi connectivity index (χ0n) is 17.6. The maximum Gasteiger partial charge on any atom is 0.407 e. The van der Waals surface area contributed by atoms with Crippen molar-refractivity contribution in [1.29, 1.82) is 0 Å². The standard InChI is InChI=1S/C21H34N4O3/c1-21(2,3)28-20(27)24-11-9-19(26)23-10-5-7-16-13-17(15-22-14-16)18-8-6-12-25(18)4/h13-15,18H,5-12H2,1-4H3,(H,23,26)(H,24,27). The molecule has 0 aromatic carbocycles. The van der Waals surface area contributed by atoms with Crippen molar-refractivity contribution >= 4 is 12.0 Å². The molecule has 1 aromatic rings. The molecular formula is C21H34N4O3. The number of aryl methyl sites for hydroxylation is 1. The van der Waals surface area contributed by atoms with Gasteiger partial charge in [-0.3, -0.25) is 14.7 Å². The molecule has 2 heterocycles. The molecule has 1 aromatic heterocycles. The van der Waals surface area contributed by atoms with Crippen molar-refractivity contribution < 1.29 is 14.3 Å². The maximum absolute atomic E-state index is 11.9. The molecule has 2 N–H and O–H groups in total. The zero-order valence-corrected chi connectivity index (χ0v) is 17.6. The topological polar surface area (TPSA) is 83.6 Å². The van der Waals surface area contributed by atoms with Crippen molar-refractivity contribution in [3.8, 4) is 0 Å². The largest absolute Gasteiger partial charge is 0.444 e. The molecule has 7 heteroatoms. The van der Waals surface area contributed by atoms with Gasteiger partial charge in [0.05, 0.1) is 0 Å². The molecule has 156 valence electrons. The van der Waals surface area contributed by atoms with Crippen LogP contribution in [0.1, 0.15) is 63.6 Å². The van der Waals surface area contributed by atoms with Gasteiger partial charge in [-0.1, -0.05) is 6.07 Å². The van der Waals surface area contributed by atoms with Crippen LogP contribution >= 0.6 is 0 Å². The number of carbonyl (C=O) groups excluding carboxylic acids is 2. The van der Waals surface area contributed by atoms with Crippen molar-refractivity contribution in [2.24, 2.45) is 0 Å². The van der Waals surface area contributed by atoms with Gasteiger partial charge in [-0.15, -0.1) is 0 Å². The average molecular weight is 391 g/mol. The van der Waals surface area contributed by atoms with Gasteiger partial charge >= 0.3 is 6.09 Å². The highest BCUT2D eigenvalue weighted by Crippen LogP contribution is 2.30. The van der Waals surface area contributed by atoms with Crippen LogP contribution in [0.5, 0.6) is 0 Å². The van der Waals surface area contributed by atoms with Crippen LogP contribution in [0.25, 0.3) is 0 Å². The second kappa shape index (κ2) is 10.4. The summed E-state index contributed by atoms with van der Waals surface area (Å²) in [5, 5.41) is 5.48. The van der Waals surface area contributed by atoms with Gasteiger partial charge in [0.1, 0.15) is 5.60 Å². The molecule has 1 aliphatic heterocycles. The number of hydrogen-bond acceptors (Lipinski definition) is 5. The van der Waals surface area contributed by atoms with Crippen molar-refractivity contribution in [3.05, 3.63) is 29.6 Å². The third kappa shape index (κ3) is 7.84. The predicted molar refractivity (Wildman–Crippen MR) is 109 cm³/mol. The maximum atomic E-state index is 11.9. The highest BCUT2D eigenvalue weighted by atomic mass is 16.6. The number of nitrogens with one attached hydrogen (secondary N) is 2. The lowest BCUT2D eigenvalue weighted by atomic mass is 10.0. The monoisotopic (exact) mass is 390 g/mol. The normalized spacial score (nSPS) is 17.4. The van der Waals surface area contributed by atoms with Gasteiger partial charge in [-0.05, 0) is 71.2 Å². The quantitative estimate of drug-likeness (QED) is 0.667. The number of ether oxygens (including phenoxy) is 1. The molecule has 0 saturated carbocycles. The zero-order chi connectivity index (χ0) is 20.6. The van der Waals surface area contributed by atoms with Gasteiger partial charge in [0.2, 0.25) is 5.91 Å². The Morgan fingerprint density at radius 2 is 2.04 bits per heavy atom. The van der Waals surface area contributed by atoms with Crippen molar-refractivity contribution in [2.75, 3.05) is 26.7 Å². The van der Waals surface area contributed by atoms with Crippen LogP contribution < -0.4 is 10.6 Å². The van der Waals surface area contributed by atoms with Crippen LogP contribution in [0.4, 0.5) is 4.79 Å². The Kier molecular flexibility index (Phi) is 8.23. The molecule has 7 nitrogen and oxygen atoms in total. The van der Waals surface area contributed by atoms with Crippen LogP contribution in [0.15, 0.2) is 18.5 Å². The number of aromatic nitrogens is 1. The summed E-state index contributed by atoms with van der Waals surface area (Å²) in [7, 11) is 2.16. The number of carbonyl (C=O) groups is 2. The first kappa shape index (κ1) is 22.1. The highest BCUT2D eigenvalue weighted by molar-refractivity contribution is 5.77. The molecule has 1 unspecified atom stereocenters. The van der Waals surface area contributed by atoms with Gasteiger partial charge in [0.25, 0.3) is 0 Å². The van der Waals surface area contributed by atoms with E-state index in [1.807, 2.05) is 12.4 Å². The van der Waals surface area contributed by atoms with E-state index in [4.69, 9.17) is 4.74 Å². The second-order valence-corrected chi connectivity index (χ2v) is 8.40. The molecule has 2 amide bonds. The molecule has 0 bridgehead atoms. The van der Waals surface area contributed by atoms with E-state index < -0.39 is 11.7 Å². The van der Waals surface area contributed by atoms with E-state index in [-0.39, 0.29) is 18.9 Å². The number of likely N-dealkylation sites (tertiary alicyclic amines) is 1. The molecule has 0 spiro atoms. The van der Waals surface area contributed by atoms with Crippen LogP contribution in [-0.2, 0) is 16.0 Å². The van der Waals surface area contributed by atoms with E-state index in [9.17, 15) is 9.59 Å². The van der Waals surface area contributed by atoms with E-state index in [0.29, 0.717) is 12.6 Å². The van der Waals surface area contributed by atoms with Gasteiger partial charge in [0, 0.05) is 37.9 Å². The number of pyridine rings is 1. The Hall–Kier alpha value is -2.15. The molecule has 2 rings (SSSR count). The number of alkyl carbamates (subject to hydrolysis) is 1. The minimum atomic E-state index is -0.536. The lowest BCUT2D eigenvalue weighted by molar-refractivity contribution is -0.120. The first-order valence-electron chi connectivity index (χ1n) is 10.1. The highest BCUT2D eigenvalue weighted by Gasteiger charge is 2.22. The molecule has 1 fully saturated rings. The lowest BCUT2D eigenvalue weighted by Crippen LogP contribution is -2.35. The minimum Gasteiger partial charge on any atom is -0.444 e. The average Bonchev–Trinajstić information content (AvgIpc) is 3.03. The van der Waals surface area contributed by atoms with Crippen molar-refractivity contribution in [1.82, 2.24) is 20.5 Å². The predicted octanol–water partition coefficient (Wildman–Crippen LogP) is 2.81. The molecule has 1 saturated heterocycles. The van der Waals surface area contributed by atoms with Gasteiger partial charge in [-0.25, -0.2) is 4.79 Å². The summed E-state index contributed by atoms with van der Waals surface area (Å²) in [6, 6.07) is 2.72. The summed E-state index contributed by atoms with van der Waals surface area (Å²) in [6.07, 6.45) is 7.78. The fourth-order valence-corrected chi connectivity index (χ4v) is 3.36. The Labute approximate surface area is 168 Å². The molecule has 1 aliphatic rings. The molecule has 1 atom stereocenters. The third-order valence-corrected chi connectivity index (χ3v) is 4.71. The van der Waals surface area contributed by atoms with Crippen LogP contribution in [0.2, 0.25) is 0 Å². The van der Waals surface area contributed by atoms with Crippen LogP contribution in [0, 0.1) is 0 Å². The Bertz CT molecular complexity index is 657. The van der Waals surface area contributed by atoms with Crippen LogP contribution in [-0.4, -0.2) is 54.2 Å². The Morgan fingerprint density at radius 3 is 2.71 bits per heavy atom. The van der Waals surface area contributed by atoms with Crippen LogP contribution in [0.3, 0.4) is 0 Å². The summed E-state index contributed by atoms with van der Waals surface area (Å²) in [6.45, 7) is 7.42. The molecule has 0 aliphatic carbocycles. The van der Waals surface area contributed by atoms with E-state index in [1.54, 1.807) is 20.8 Å². The van der Waals surface area contributed by atoms with Crippen molar-refractivity contribution in [2.45, 2.75) is 64.5 Å². The minimum absolute atomic E-state index is 0.0736. The van der Waals surface area contributed by atoms with Gasteiger partial charge in [0.15, 0.2) is 0 Å². The number of nitrogens with zero attached hydrogens (tertiary/aromatic N) is 2. The summed E-state index contributed by atoms with van der Waals surface area (Å²) in [5.41, 5.74) is 1.96. The Balaban J connectivity index is 1.62. The first-order chi connectivity index (χ1) is 13.2. The fourth-order valence-electron chi connectivity index (χ4n) is 3.36. The summed E-state index contributed by atoms with van der Waals surface area (Å²) in [4.78, 5) is 30.2.